The van der Waals surface area contributed by atoms with Crippen LogP contribution < -0.4 is 0 Å². The van der Waals surface area contributed by atoms with Crippen LogP contribution in [0.2, 0.25) is 0 Å². The summed E-state index contributed by atoms with van der Waals surface area (Å²) >= 11 is 6.95. The Bertz CT molecular complexity index is 175. The molecule has 0 N–H and O–H groups in total. The third kappa shape index (κ3) is 11.8. The third-order valence-electron chi connectivity index (χ3n) is 3.90. The maximum absolute atomic E-state index is 6.95. The van der Waals surface area contributed by atoms with Gasteiger partial charge in [0, 0.05) is 0 Å². The summed E-state index contributed by atoms with van der Waals surface area (Å²) in [5, 5.41) is 0. The molecule has 0 atom stereocenters. The van der Waals surface area contributed by atoms with E-state index in [0.29, 0.717) is 0 Å². The van der Waals surface area contributed by atoms with Crippen LogP contribution in [0.5, 0.6) is 0 Å². The number of hydrogen-bond acceptors (Lipinski definition) is 0. The zero-order chi connectivity index (χ0) is 13.9. The van der Waals surface area contributed by atoms with Crippen LogP contribution in [0.25, 0.3) is 0 Å². The molecular formula is C16H36ClP. The van der Waals surface area contributed by atoms with Gasteiger partial charge in [0.25, 0.3) is 0 Å². The molecule has 0 radical (unpaired) electrons. The van der Waals surface area contributed by atoms with E-state index in [2.05, 4.69) is 27.2 Å². The van der Waals surface area contributed by atoms with Crippen molar-refractivity contribution in [2.45, 2.75) is 78.1 Å². The summed E-state index contributed by atoms with van der Waals surface area (Å²) in [6.45, 7) is 9.31. The molecule has 0 aliphatic heterocycles. The number of halogens is 1. The van der Waals surface area contributed by atoms with Crippen LogP contribution in [0.4, 0.5) is 0 Å². The van der Waals surface area contributed by atoms with E-state index < -0.39 is 5.96 Å². The van der Waals surface area contributed by atoms with Gasteiger partial charge in [-0.2, -0.15) is 0 Å². The molecule has 0 aliphatic carbocycles. The number of rotatable bonds is 12. The summed E-state index contributed by atoms with van der Waals surface area (Å²) in [4.78, 5) is 0. The first-order valence-electron chi connectivity index (χ1n) is 8.11. The Morgan fingerprint density at radius 1 is 0.611 bits per heavy atom. The minimum absolute atomic E-state index is 1.30. The first kappa shape index (κ1) is 18.7. The molecule has 0 amide bonds. The summed E-state index contributed by atoms with van der Waals surface area (Å²) in [5.74, 6) is -1.82. The summed E-state index contributed by atoms with van der Waals surface area (Å²) < 4.78 is 0. The van der Waals surface area contributed by atoms with Crippen molar-refractivity contribution in [1.82, 2.24) is 0 Å². The average Bonchev–Trinajstić information content (AvgIpc) is 2.28. The summed E-state index contributed by atoms with van der Waals surface area (Å²) in [6.07, 6.45) is 16.3. The van der Waals surface area contributed by atoms with Gasteiger partial charge in [-0.15, -0.1) is 0 Å². The van der Waals surface area contributed by atoms with Crippen LogP contribution in [0, 0.1) is 0 Å². The standard InChI is InChI=1S/C16H36ClP/c1-5-7-9-11-13-15-18(3,4,17)16-14-12-10-8-6-2/h5-16H2,1-4H3. The summed E-state index contributed by atoms with van der Waals surface area (Å²) in [7, 11) is 0. The van der Waals surface area contributed by atoms with Gasteiger partial charge in [-0.05, 0) is 0 Å². The van der Waals surface area contributed by atoms with Crippen molar-refractivity contribution in [2.24, 2.45) is 0 Å². The molecule has 0 aromatic carbocycles. The van der Waals surface area contributed by atoms with Crippen LogP contribution in [-0.4, -0.2) is 25.7 Å². The fraction of sp³-hybridized carbons (Fsp3) is 1.00. The van der Waals surface area contributed by atoms with Crippen molar-refractivity contribution in [2.75, 3.05) is 25.7 Å². The molecule has 0 heterocycles. The topological polar surface area (TPSA) is 0 Å². The van der Waals surface area contributed by atoms with Gasteiger partial charge in [-0.25, -0.2) is 0 Å². The van der Waals surface area contributed by atoms with Gasteiger partial charge in [0.2, 0.25) is 0 Å². The summed E-state index contributed by atoms with van der Waals surface area (Å²) in [6, 6.07) is 0. The van der Waals surface area contributed by atoms with Crippen LogP contribution in [-0.2, 0) is 0 Å². The van der Waals surface area contributed by atoms with E-state index in [9.17, 15) is 0 Å². The Morgan fingerprint density at radius 2 is 0.944 bits per heavy atom. The van der Waals surface area contributed by atoms with E-state index in [1.807, 2.05) is 0 Å². The van der Waals surface area contributed by atoms with Crippen LogP contribution in [0.15, 0.2) is 0 Å². The molecule has 0 bridgehead atoms. The average molecular weight is 295 g/mol. The van der Waals surface area contributed by atoms with Gasteiger partial charge in [0.15, 0.2) is 0 Å². The Kier molecular flexibility index (Phi) is 9.98. The number of hydrogen-bond donors (Lipinski definition) is 0. The first-order valence-corrected chi connectivity index (χ1v) is 12.5. The second kappa shape index (κ2) is 9.60. The van der Waals surface area contributed by atoms with Crippen molar-refractivity contribution in [3.63, 3.8) is 0 Å². The van der Waals surface area contributed by atoms with Crippen molar-refractivity contribution in [3.05, 3.63) is 0 Å². The van der Waals surface area contributed by atoms with Gasteiger partial charge in [-0.1, -0.05) is 0 Å². The van der Waals surface area contributed by atoms with Gasteiger partial charge < -0.3 is 0 Å². The van der Waals surface area contributed by atoms with Crippen molar-refractivity contribution in [1.29, 1.82) is 0 Å². The molecule has 0 aliphatic rings. The third-order valence-corrected chi connectivity index (χ3v) is 8.31. The van der Waals surface area contributed by atoms with E-state index >= 15 is 0 Å². The Hall–Kier alpha value is 0.720. The molecule has 0 aromatic rings. The molecule has 0 saturated carbocycles. The van der Waals surface area contributed by atoms with Crippen LogP contribution in [0.3, 0.4) is 0 Å². The molecule has 0 aromatic heterocycles. The second-order valence-corrected chi connectivity index (χ2v) is 16.2. The molecule has 0 nitrogen and oxygen atoms in total. The Balaban J connectivity index is 3.69. The van der Waals surface area contributed by atoms with Crippen molar-refractivity contribution >= 4 is 17.2 Å². The minimum atomic E-state index is -1.82. The molecule has 0 unspecified atom stereocenters. The van der Waals surface area contributed by atoms with E-state index in [1.54, 1.807) is 0 Å². The van der Waals surface area contributed by atoms with E-state index in [-0.39, 0.29) is 0 Å². The van der Waals surface area contributed by atoms with Crippen molar-refractivity contribution < 1.29 is 0 Å². The molecular weight excluding hydrogens is 259 g/mol. The van der Waals surface area contributed by atoms with E-state index in [0.717, 1.165) is 0 Å². The van der Waals surface area contributed by atoms with E-state index in [4.69, 9.17) is 11.2 Å². The van der Waals surface area contributed by atoms with Gasteiger partial charge >= 0.3 is 121 Å². The Labute approximate surface area is 121 Å². The van der Waals surface area contributed by atoms with Crippen molar-refractivity contribution in [3.8, 4) is 0 Å². The number of unbranched alkanes of at least 4 members (excludes halogenated alkanes) is 8. The van der Waals surface area contributed by atoms with Gasteiger partial charge in [-0.3, -0.25) is 0 Å². The first-order chi connectivity index (χ1) is 8.39. The molecule has 0 spiro atoms. The molecule has 0 saturated heterocycles. The van der Waals surface area contributed by atoms with Gasteiger partial charge in [0.1, 0.15) is 0 Å². The van der Waals surface area contributed by atoms with Crippen LogP contribution in [0.1, 0.15) is 78.1 Å². The zero-order valence-electron chi connectivity index (χ0n) is 13.3. The van der Waals surface area contributed by atoms with Crippen LogP contribution >= 0.6 is 17.2 Å². The summed E-state index contributed by atoms with van der Waals surface area (Å²) in [5.41, 5.74) is 0. The Morgan fingerprint density at radius 3 is 1.28 bits per heavy atom. The monoisotopic (exact) mass is 294 g/mol. The normalized spacial score (nSPS) is 14.4. The zero-order valence-corrected chi connectivity index (χ0v) is 15.0. The fourth-order valence-corrected chi connectivity index (χ4v) is 5.86. The second-order valence-electron chi connectivity index (χ2n) is 6.79. The SMILES string of the molecule is CCCCCCCP(C)(C)(Cl)CCCCCCC. The van der Waals surface area contributed by atoms with E-state index in [1.165, 1.54) is 76.5 Å². The predicted octanol–water partition coefficient (Wildman–Crippen LogP) is 6.89. The predicted molar refractivity (Wildman–Crippen MR) is 91.9 cm³/mol. The molecule has 18 heavy (non-hydrogen) atoms. The quantitative estimate of drug-likeness (QED) is 0.271. The molecule has 2 heteroatoms. The maximum atomic E-state index is 6.95. The molecule has 0 fully saturated rings. The van der Waals surface area contributed by atoms with Gasteiger partial charge in [0.05, 0.1) is 0 Å². The fourth-order valence-electron chi connectivity index (χ4n) is 2.52. The molecule has 112 valence electrons. The molecule has 0 rings (SSSR count).